The molecule has 0 saturated carbocycles. The largest absolute Gasteiger partial charge is 0.485 e. The van der Waals surface area contributed by atoms with Gasteiger partial charge in [-0.15, -0.1) is 0 Å². The summed E-state index contributed by atoms with van der Waals surface area (Å²) in [6, 6.07) is 15.0. The van der Waals surface area contributed by atoms with Crippen molar-refractivity contribution in [2.24, 2.45) is 0 Å². The summed E-state index contributed by atoms with van der Waals surface area (Å²) >= 11 is 0. The third kappa shape index (κ3) is 3.53. The van der Waals surface area contributed by atoms with E-state index in [0.29, 0.717) is 17.2 Å². The van der Waals surface area contributed by atoms with Crippen molar-refractivity contribution in [1.82, 2.24) is 9.97 Å². The molecule has 2 aromatic carbocycles. The Morgan fingerprint density at radius 3 is 2.74 bits per heavy atom. The first kappa shape index (κ1) is 17.2. The van der Waals surface area contributed by atoms with E-state index < -0.39 is 0 Å². The zero-order chi connectivity index (χ0) is 18.8. The van der Waals surface area contributed by atoms with Gasteiger partial charge in [0, 0.05) is 28.6 Å². The smallest absolute Gasteiger partial charge is 0.336 e. The second-order valence-corrected chi connectivity index (χ2v) is 6.53. The molecule has 0 aliphatic heterocycles. The van der Waals surface area contributed by atoms with Gasteiger partial charge in [-0.25, -0.2) is 14.8 Å². The highest BCUT2D eigenvalue weighted by molar-refractivity contribution is 5.82. The quantitative estimate of drug-likeness (QED) is 0.488. The van der Waals surface area contributed by atoms with Crippen molar-refractivity contribution in [3.05, 3.63) is 76.0 Å². The fourth-order valence-corrected chi connectivity index (χ4v) is 3.28. The minimum atomic E-state index is -0.336. The number of hydrogen-bond acceptors (Lipinski definition) is 5. The second kappa shape index (κ2) is 7.19. The molecule has 2 heterocycles. The first-order chi connectivity index (χ1) is 13.1. The summed E-state index contributed by atoms with van der Waals surface area (Å²) in [4.78, 5) is 20.9. The van der Waals surface area contributed by atoms with Gasteiger partial charge in [-0.2, -0.15) is 0 Å². The number of nitrogens with zero attached hydrogens (tertiary/aromatic N) is 2. The number of fused-ring (bicyclic) bond motifs is 2. The molecule has 5 heteroatoms. The molecule has 4 aromatic rings. The molecule has 0 amide bonds. The molecule has 0 atom stereocenters. The van der Waals surface area contributed by atoms with Gasteiger partial charge in [-0.3, -0.25) is 0 Å². The van der Waals surface area contributed by atoms with Crippen LogP contribution in [0.3, 0.4) is 0 Å². The maximum atomic E-state index is 11.8. The molecular weight excluding hydrogens is 340 g/mol. The Bertz CT molecular complexity index is 1180. The van der Waals surface area contributed by atoms with E-state index in [1.54, 1.807) is 12.1 Å². The molecule has 0 N–H and O–H groups in total. The minimum Gasteiger partial charge on any atom is -0.485 e. The van der Waals surface area contributed by atoms with Crippen LogP contribution in [0.25, 0.3) is 21.9 Å². The summed E-state index contributed by atoms with van der Waals surface area (Å²) in [6.07, 6.45) is 1.81. The van der Waals surface area contributed by atoms with Crippen molar-refractivity contribution < 1.29 is 9.15 Å². The lowest BCUT2D eigenvalue weighted by Crippen LogP contribution is -2.04. The normalized spacial score (nSPS) is 11.2. The summed E-state index contributed by atoms with van der Waals surface area (Å²) in [7, 11) is 0. The zero-order valence-corrected chi connectivity index (χ0v) is 15.4. The van der Waals surface area contributed by atoms with Gasteiger partial charge >= 0.3 is 5.63 Å². The second-order valence-electron chi connectivity index (χ2n) is 6.53. The molecule has 0 radical (unpaired) electrons. The fraction of sp³-hybridized carbons (Fsp3) is 0.227. The highest BCUT2D eigenvalue weighted by Gasteiger charge is 2.08. The van der Waals surface area contributed by atoms with Crippen LogP contribution in [0.5, 0.6) is 5.75 Å². The Hall–Kier alpha value is -3.21. The number of benzene rings is 2. The van der Waals surface area contributed by atoms with Crippen LogP contribution in [-0.4, -0.2) is 9.97 Å². The summed E-state index contributed by atoms with van der Waals surface area (Å²) in [5.41, 5.74) is 3.03. The van der Waals surface area contributed by atoms with Crippen LogP contribution >= 0.6 is 0 Å². The predicted octanol–water partition coefficient (Wildman–Crippen LogP) is 4.58. The Kier molecular flexibility index (Phi) is 4.59. The van der Waals surface area contributed by atoms with Crippen LogP contribution in [-0.2, 0) is 13.0 Å². The number of para-hydroxylation sites is 1. The van der Waals surface area contributed by atoms with Crippen molar-refractivity contribution in [1.29, 1.82) is 0 Å². The Balaban J connectivity index is 1.61. The van der Waals surface area contributed by atoms with Gasteiger partial charge in [0.25, 0.3) is 0 Å². The highest BCUT2D eigenvalue weighted by atomic mass is 16.5. The average molecular weight is 360 g/mol. The molecular formula is C22H20N2O3. The molecule has 2 aromatic heterocycles. The van der Waals surface area contributed by atoms with E-state index in [1.807, 2.05) is 43.3 Å². The number of rotatable bonds is 5. The van der Waals surface area contributed by atoms with E-state index in [2.05, 4.69) is 16.9 Å². The van der Waals surface area contributed by atoms with E-state index in [-0.39, 0.29) is 12.2 Å². The predicted molar refractivity (Wildman–Crippen MR) is 105 cm³/mol. The molecule has 0 aliphatic carbocycles. The van der Waals surface area contributed by atoms with E-state index >= 15 is 0 Å². The average Bonchev–Trinajstić information content (AvgIpc) is 2.66. The van der Waals surface area contributed by atoms with Gasteiger partial charge in [0.05, 0.1) is 5.52 Å². The SMILES string of the molecule is CCCc1cc(=O)oc2cc(OCc3nc(C)c4ccccc4n3)ccc12. The summed E-state index contributed by atoms with van der Waals surface area (Å²) in [5, 5.41) is 1.98. The van der Waals surface area contributed by atoms with Gasteiger partial charge < -0.3 is 9.15 Å². The highest BCUT2D eigenvalue weighted by Crippen LogP contribution is 2.24. The van der Waals surface area contributed by atoms with Gasteiger partial charge in [-0.05, 0) is 37.1 Å². The maximum absolute atomic E-state index is 11.8. The van der Waals surface area contributed by atoms with Crippen LogP contribution in [0.2, 0.25) is 0 Å². The van der Waals surface area contributed by atoms with Crippen molar-refractivity contribution in [2.45, 2.75) is 33.3 Å². The zero-order valence-electron chi connectivity index (χ0n) is 15.4. The van der Waals surface area contributed by atoms with Crippen molar-refractivity contribution in [3.63, 3.8) is 0 Å². The number of ether oxygens (including phenoxy) is 1. The summed E-state index contributed by atoms with van der Waals surface area (Å²) in [6.45, 7) is 4.30. The van der Waals surface area contributed by atoms with Crippen LogP contribution in [0, 0.1) is 6.92 Å². The summed E-state index contributed by atoms with van der Waals surface area (Å²) < 4.78 is 11.2. The minimum absolute atomic E-state index is 0.246. The molecule has 136 valence electrons. The molecule has 0 unspecified atom stereocenters. The van der Waals surface area contributed by atoms with Crippen LogP contribution in [0.15, 0.2) is 57.7 Å². The van der Waals surface area contributed by atoms with Crippen molar-refractivity contribution in [2.75, 3.05) is 0 Å². The van der Waals surface area contributed by atoms with Crippen LogP contribution in [0.1, 0.15) is 30.4 Å². The van der Waals surface area contributed by atoms with Crippen molar-refractivity contribution >= 4 is 21.9 Å². The number of hydrogen-bond donors (Lipinski definition) is 0. The third-order valence-electron chi connectivity index (χ3n) is 4.53. The van der Waals surface area contributed by atoms with E-state index in [0.717, 1.165) is 40.4 Å². The van der Waals surface area contributed by atoms with E-state index in [1.165, 1.54) is 0 Å². The Morgan fingerprint density at radius 1 is 1.04 bits per heavy atom. The summed E-state index contributed by atoms with van der Waals surface area (Å²) in [5.74, 6) is 1.24. The van der Waals surface area contributed by atoms with E-state index in [4.69, 9.17) is 9.15 Å². The number of aryl methyl sites for hydroxylation is 2. The number of aromatic nitrogens is 2. The molecule has 0 spiro atoms. The van der Waals surface area contributed by atoms with Crippen LogP contribution < -0.4 is 10.4 Å². The Labute approximate surface area is 156 Å². The van der Waals surface area contributed by atoms with E-state index in [9.17, 15) is 4.79 Å². The molecule has 0 saturated heterocycles. The first-order valence-electron chi connectivity index (χ1n) is 9.06. The fourth-order valence-electron chi connectivity index (χ4n) is 3.28. The first-order valence-corrected chi connectivity index (χ1v) is 9.06. The van der Waals surface area contributed by atoms with Gasteiger partial charge in [0.1, 0.15) is 17.9 Å². The third-order valence-corrected chi connectivity index (χ3v) is 4.53. The van der Waals surface area contributed by atoms with Gasteiger partial charge in [0.15, 0.2) is 5.82 Å². The maximum Gasteiger partial charge on any atom is 0.336 e. The molecule has 27 heavy (non-hydrogen) atoms. The van der Waals surface area contributed by atoms with Crippen molar-refractivity contribution in [3.8, 4) is 5.75 Å². The Morgan fingerprint density at radius 2 is 1.89 bits per heavy atom. The monoisotopic (exact) mass is 360 g/mol. The molecule has 5 nitrogen and oxygen atoms in total. The lowest BCUT2D eigenvalue weighted by molar-refractivity contribution is 0.296. The lowest BCUT2D eigenvalue weighted by Gasteiger charge is -2.09. The molecule has 0 aliphatic rings. The lowest BCUT2D eigenvalue weighted by atomic mass is 10.1. The topological polar surface area (TPSA) is 65.2 Å². The molecule has 0 fully saturated rings. The molecule has 0 bridgehead atoms. The van der Waals surface area contributed by atoms with Gasteiger partial charge in [-0.1, -0.05) is 31.5 Å². The molecule has 4 rings (SSSR count). The standard InChI is InChI=1S/C22H20N2O3/c1-3-6-15-11-22(25)27-20-12-16(9-10-18(15)20)26-13-21-23-14(2)17-7-4-5-8-19(17)24-21/h4-5,7-12H,3,6,13H2,1-2H3. The van der Waals surface area contributed by atoms with Gasteiger partial charge in [0.2, 0.25) is 0 Å². The van der Waals surface area contributed by atoms with Crippen LogP contribution in [0.4, 0.5) is 0 Å².